The smallest absolute Gasteiger partial charge is 0.337 e. The van der Waals surface area contributed by atoms with Gasteiger partial charge in [0.15, 0.2) is 16.3 Å². The molecule has 1 atom stereocenters. The molecule has 4 aromatic rings. The normalized spacial score (nSPS) is 14.8. The van der Waals surface area contributed by atoms with Gasteiger partial charge in [0.2, 0.25) is 0 Å². The first-order chi connectivity index (χ1) is 19.4. The molecule has 0 saturated heterocycles. The Bertz CT molecular complexity index is 1830. The number of para-hydroxylation sites is 1. The maximum atomic E-state index is 14.0. The topological polar surface area (TPSA) is 84.0 Å². The quantitative estimate of drug-likeness (QED) is 0.227. The highest BCUT2D eigenvalue weighted by Gasteiger charge is 2.31. The molecule has 0 N–H and O–H groups in total. The minimum Gasteiger partial charge on any atom is -0.490 e. The number of aromatic nitrogens is 2. The van der Waals surface area contributed by atoms with Gasteiger partial charge in [-0.1, -0.05) is 41.7 Å². The predicted molar refractivity (Wildman–Crippen MR) is 157 cm³/mol. The molecule has 0 amide bonds. The van der Waals surface area contributed by atoms with Gasteiger partial charge in [-0.3, -0.25) is 9.36 Å². The lowest BCUT2D eigenvalue weighted by molar-refractivity contribution is -0.136. The van der Waals surface area contributed by atoms with Crippen LogP contribution in [0.4, 0.5) is 0 Å². The average Bonchev–Trinajstić information content (AvgIpc) is 3.42. The highest BCUT2D eigenvalue weighted by atomic mass is 32.1. The zero-order valence-corrected chi connectivity index (χ0v) is 23.8. The van der Waals surface area contributed by atoms with E-state index in [1.165, 1.54) is 24.6 Å². The molecular formula is C31H31N3O5S. The van der Waals surface area contributed by atoms with Crippen molar-refractivity contribution >= 4 is 34.3 Å². The third-order valence-corrected chi connectivity index (χ3v) is 7.87. The molecule has 3 heterocycles. The lowest BCUT2D eigenvalue weighted by Gasteiger charge is -2.23. The highest BCUT2D eigenvalue weighted by Crippen LogP contribution is 2.35. The van der Waals surface area contributed by atoms with Crippen LogP contribution in [-0.2, 0) is 16.1 Å². The molecule has 40 heavy (non-hydrogen) atoms. The Hall–Kier alpha value is -4.37. The van der Waals surface area contributed by atoms with E-state index in [1.807, 2.05) is 57.2 Å². The molecule has 2 aromatic heterocycles. The van der Waals surface area contributed by atoms with Crippen LogP contribution in [0.2, 0.25) is 0 Å². The van der Waals surface area contributed by atoms with E-state index in [9.17, 15) is 9.59 Å². The second-order valence-electron chi connectivity index (χ2n) is 9.16. The van der Waals surface area contributed by atoms with Crippen LogP contribution < -0.4 is 24.4 Å². The molecule has 0 bridgehead atoms. The summed E-state index contributed by atoms with van der Waals surface area (Å²) in [6.07, 6.45) is 5.27. The summed E-state index contributed by atoms with van der Waals surface area (Å²) in [5.41, 5.74) is 3.77. The van der Waals surface area contributed by atoms with Crippen LogP contribution in [0.25, 0.3) is 17.0 Å². The first-order valence-electron chi connectivity index (χ1n) is 13.1. The van der Waals surface area contributed by atoms with Gasteiger partial charge in [0.1, 0.15) is 0 Å². The molecule has 1 aliphatic rings. The molecule has 0 spiro atoms. The van der Waals surface area contributed by atoms with Crippen LogP contribution in [0.3, 0.4) is 0 Å². The SMILES string of the molecule is C=CCn1c(C)c(/C=c2\sc3n(c2=O)[C@@H](c2ccc(OCC)c(OCC)c2)C(C(=O)OC)=CN=3)c2ccccc21. The van der Waals surface area contributed by atoms with Gasteiger partial charge in [0.25, 0.3) is 5.56 Å². The van der Waals surface area contributed by atoms with Gasteiger partial charge in [-0.15, -0.1) is 6.58 Å². The number of hydrogen-bond acceptors (Lipinski definition) is 7. The summed E-state index contributed by atoms with van der Waals surface area (Å²) >= 11 is 1.29. The van der Waals surface area contributed by atoms with Gasteiger partial charge < -0.3 is 18.8 Å². The number of hydrogen-bond donors (Lipinski definition) is 0. The van der Waals surface area contributed by atoms with Gasteiger partial charge in [-0.25, -0.2) is 9.79 Å². The molecular weight excluding hydrogens is 526 g/mol. The van der Waals surface area contributed by atoms with Crippen molar-refractivity contribution in [2.45, 2.75) is 33.4 Å². The van der Waals surface area contributed by atoms with Gasteiger partial charge in [-0.2, -0.15) is 0 Å². The predicted octanol–water partition coefficient (Wildman–Crippen LogP) is 4.26. The molecule has 9 heteroatoms. The van der Waals surface area contributed by atoms with E-state index in [0.717, 1.165) is 22.2 Å². The molecule has 0 aliphatic carbocycles. The number of allylic oxidation sites excluding steroid dienone is 1. The molecule has 0 saturated carbocycles. The van der Waals surface area contributed by atoms with E-state index in [4.69, 9.17) is 14.2 Å². The lowest BCUT2D eigenvalue weighted by Crippen LogP contribution is -2.39. The summed E-state index contributed by atoms with van der Waals surface area (Å²) < 4.78 is 20.9. The second kappa shape index (κ2) is 11.4. The number of carbonyl (C=O) groups excluding carboxylic acids is 1. The molecule has 8 nitrogen and oxygen atoms in total. The highest BCUT2D eigenvalue weighted by molar-refractivity contribution is 7.07. The molecule has 1 aliphatic heterocycles. The Kier molecular flexibility index (Phi) is 7.75. The molecule has 2 aromatic carbocycles. The van der Waals surface area contributed by atoms with Crippen molar-refractivity contribution in [1.29, 1.82) is 0 Å². The van der Waals surface area contributed by atoms with Crippen molar-refractivity contribution in [2.24, 2.45) is 4.99 Å². The number of rotatable bonds is 9. The van der Waals surface area contributed by atoms with Crippen LogP contribution in [0.5, 0.6) is 11.5 Å². The number of methoxy groups -OCH3 is 1. The molecule has 206 valence electrons. The van der Waals surface area contributed by atoms with Crippen molar-refractivity contribution in [2.75, 3.05) is 20.3 Å². The average molecular weight is 558 g/mol. The van der Waals surface area contributed by atoms with Crippen molar-refractivity contribution in [3.63, 3.8) is 0 Å². The van der Waals surface area contributed by atoms with E-state index < -0.39 is 12.0 Å². The largest absolute Gasteiger partial charge is 0.490 e. The second-order valence-corrected chi connectivity index (χ2v) is 10.2. The van der Waals surface area contributed by atoms with E-state index in [1.54, 1.807) is 10.6 Å². The summed E-state index contributed by atoms with van der Waals surface area (Å²) in [4.78, 5) is 31.9. The number of esters is 1. The van der Waals surface area contributed by atoms with Crippen molar-refractivity contribution < 1.29 is 19.0 Å². The van der Waals surface area contributed by atoms with E-state index >= 15 is 0 Å². The van der Waals surface area contributed by atoms with Crippen LogP contribution in [0.1, 0.15) is 36.7 Å². The van der Waals surface area contributed by atoms with Gasteiger partial charge in [-0.05, 0) is 50.6 Å². The fourth-order valence-corrected chi connectivity index (χ4v) is 6.07. The number of thiazole rings is 1. The summed E-state index contributed by atoms with van der Waals surface area (Å²) in [5.74, 6) is 0.574. The first-order valence-corrected chi connectivity index (χ1v) is 13.9. The fraction of sp³-hybridized carbons (Fsp3) is 0.258. The molecule has 5 rings (SSSR count). The molecule has 0 unspecified atom stereocenters. The van der Waals surface area contributed by atoms with Crippen molar-refractivity contribution in [3.8, 4) is 11.5 Å². The zero-order chi connectivity index (χ0) is 28.4. The van der Waals surface area contributed by atoms with Crippen LogP contribution in [0, 0.1) is 6.92 Å². The van der Waals surface area contributed by atoms with Crippen LogP contribution in [-0.4, -0.2) is 35.4 Å². The summed E-state index contributed by atoms with van der Waals surface area (Å²) in [6, 6.07) is 12.8. The van der Waals surface area contributed by atoms with Crippen molar-refractivity contribution in [1.82, 2.24) is 9.13 Å². The van der Waals surface area contributed by atoms with Gasteiger partial charge in [0, 0.05) is 34.9 Å². The minimum absolute atomic E-state index is 0.241. The standard InChI is InChI=1S/C31H31N3O5S/c1-6-15-33-19(4)22(21-11-9-10-12-24(21)33)17-27-29(35)34-28(23(30(36)37-5)18-32-31(34)40-27)20-13-14-25(38-7-2)26(16-20)39-8-3/h6,9-14,16-18,28H,1,7-8,15H2,2-5H3/b27-17-/t28-/m0/s1. The monoisotopic (exact) mass is 557 g/mol. The van der Waals surface area contributed by atoms with E-state index in [-0.39, 0.29) is 11.1 Å². The van der Waals surface area contributed by atoms with Gasteiger partial charge >= 0.3 is 5.97 Å². The Morgan fingerprint density at radius 1 is 1.12 bits per heavy atom. The third-order valence-electron chi connectivity index (χ3n) is 6.87. The summed E-state index contributed by atoms with van der Waals surface area (Å²) in [6.45, 7) is 11.3. The van der Waals surface area contributed by atoms with Crippen molar-refractivity contribution in [3.05, 3.63) is 103 Å². The Morgan fingerprint density at radius 3 is 2.60 bits per heavy atom. The van der Waals surface area contributed by atoms with E-state index in [0.29, 0.717) is 46.2 Å². The number of nitrogens with zero attached hydrogens (tertiary/aromatic N) is 3. The number of benzene rings is 2. The fourth-order valence-electron chi connectivity index (χ4n) is 5.12. The van der Waals surface area contributed by atoms with E-state index in [2.05, 4.69) is 28.3 Å². The summed E-state index contributed by atoms with van der Waals surface area (Å²) in [7, 11) is 1.32. The lowest BCUT2D eigenvalue weighted by atomic mass is 9.97. The minimum atomic E-state index is -0.746. The third kappa shape index (κ3) is 4.66. The van der Waals surface area contributed by atoms with Crippen LogP contribution in [0.15, 0.2) is 76.7 Å². The zero-order valence-electron chi connectivity index (χ0n) is 23.0. The number of ether oxygens (including phenoxy) is 3. The van der Waals surface area contributed by atoms with Crippen LogP contribution >= 0.6 is 11.3 Å². The maximum absolute atomic E-state index is 14.0. The van der Waals surface area contributed by atoms with Gasteiger partial charge in [0.05, 0.1) is 36.5 Å². The Morgan fingerprint density at radius 2 is 1.88 bits per heavy atom. The summed E-state index contributed by atoms with van der Waals surface area (Å²) in [5, 5.41) is 1.05. The Labute approximate surface area is 235 Å². The first kappa shape index (κ1) is 27.2. The maximum Gasteiger partial charge on any atom is 0.337 e. The molecule has 0 fully saturated rings. The number of carbonyl (C=O) groups is 1. The Balaban J connectivity index is 1.72. The molecule has 0 radical (unpaired) electrons. The number of fused-ring (bicyclic) bond motifs is 2.